The first kappa shape index (κ1) is 18.3. The molecular formula is C19H27NO4. The summed E-state index contributed by atoms with van der Waals surface area (Å²) in [5.41, 5.74) is 1.13. The largest absolute Gasteiger partial charge is 0.494 e. The van der Waals surface area contributed by atoms with Crippen LogP contribution in [-0.2, 0) is 16.0 Å². The number of ether oxygens (including phenoxy) is 1. The number of carbonyl (C=O) groups is 2. The van der Waals surface area contributed by atoms with Gasteiger partial charge in [-0.25, -0.2) is 0 Å². The van der Waals surface area contributed by atoms with E-state index in [0.29, 0.717) is 19.5 Å². The van der Waals surface area contributed by atoms with Gasteiger partial charge < -0.3 is 14.7 Å². The van der Waals surface area contributed by atoms with Crippen molar-refractivity contribution in [2.45, 2.75) is 45.4 Å². The smallest absolute Gasteiger partial charge is 0.303 e. The van der Waals surface area contributed by atoms with Gasteiger partial charge in [0.25, 0.3) is 0 Å². The number of piperidine rings is 1. The van der Waals surface area contributed by atoms with E-state index in [4.69, 9.17) is 9.84 Å². The van der Waals surface area contributed by atoms with Gasteiger partial charge in [-0.2, -0.15) is 0 Å². The summed E-state index contributed by atoms with van der Waals surface area (Å²) in [7, 11) is 0. The molecule has 1 aromatic carbocycles. The highest BCUT2D eigenvalue weighted by Crippen LogP contribution is 2.21. The average molecular weight is 333 g/mol. The molecule has 1 fully saturated rings. The van der Waals surface area contributed by atoms with Crippen molar-refractivity contribution in [2.24, 2.45) is 5.92 Å². The highest BCUT2D eigenvalue weighted by molar-refractivity contribution is 5.76. The van der Waals surface area contributed by atoms with Gasteiger partial charge in [-0.15, -0.1) is 0 Å². The molecule has 24 heavy (non-hydrogen) atoms. The molecule has 0 spiro atoms. The van der Waals surface area contributed by atoms with Crippen LogP contribution in [0.1, 0.15) is 44.6 Å². The molecule has 0 aliphatic carbocycles. The van der Waals surface area contributed by atoms with Crippen LogP contribution in [0.2, 0.25) is 0 Å². The first-order valence-electron chi connectivity index (χ1n) is 8.79. The van der Waals surface area contributed by atoms with Crippen LogP contribution in [0.15, 0.2) is 24.3 Å². The number of hydrogen-bond donors (Lipinski definition) is 1. The Morgan fingerprint density at radius 3 is 2.46 bits per heavy atom. The van der Waals surface area contributed by atoms with Crippen LogP contribution in [0, 0.1) is 5.92 Å². The molecule has 2 rings (SSSR count). The van der Waals surface area contributed by atoms with E-state index in [1.54, 1.807) is 0 Å². The predicted molar refractivity (Wildman–Crippen MR) is 92.1 cm³/mol. The summed E-state index contributed by atoms with van der Waals surface area (Å²) < 4.78 is 5.55. The molecule has 0 saturated carbocycles. The van der Waals surface area contributed by atoms with Gasteiger partial charge in [0, 0.05) is 25.9 Å². The minimum atomic E-state index is -0.744. The molecule has 1 aliphatic heterocycles. The molecule has 0 unspecified atom stereocenters. The second kappa shape index (κ2) is 9.30. The summed E-state index contributed by atoms with van der Waals surface area (Å²) in [5.74, 6) is 0.496. The number of aliphatic carboxylic acids is 1. The summed E-state index contributed by atoms with van der Waals surface area (Å²) in [4.78, 5) is 24.9. The second-order valence-corrected chi connectivity index (χ2v) is 6.41. The van der Waals surface area contributed by atoms with E-state index in [2.05, 4.69) is 6.92 Å². The van der Waals surface area contributed by atoms with E-state index in [0.717, 1.165) is 43.6 Å². The molecule has 5 heteroatoms. The predicted octanol–water partition coefficient (Wildman–Crippen LogP) is 3.12. The van der Waals surface area contributed by atoms with Crippen molar-refractivity contribution in [3.63, 3.8) is 0 Å². The van der Waals surface area contributed by atoms with Crippen molar-refractivity contribution in [1.82, 2.24) is 4.90 Å². The van der Waals surface area contributed by atoms with Crippen molar-refractivity contribution in [2.75, 3.05) is 19.7 Å². The number of rotatable bonds is 8. The monoisotopic (exact) mass is 333 g/mol. The molecule has 0 bridgehead atoms. The lowest BCUT2D eigenvalue weighted by Gasteiger charge is -2.31. The minimum Gasteiger partial charge on any atom is -0.494 e. The van der Waals surface area contributed by atoms with Crippen LogP contribution in [0.5, 0.6) is 5.75 Å². The molecule has 5 nitrogen and oxygen atoms in total. The molecule has 1 N–H and O–H groups in total. The summed E-state index contributed by atoms with van der Waals surface area (Å²) in [6.07, 6.45) is 4.01. The van der Waals surface area contributed by atoms with Crippen molar-refractivity contribution >= 4 is 11.9 Å². The van der Waals surface area contributed by atoms with E-state index in [1.807, 2.05) is 29.2 Å². The Hall–Kier alpha value is -2.04. The zero-order valence-electron chi connectivity index (χ0n) is 14.4. The molecule has 1 aromatic rings. The van der Waals surface area contributed by atoms with Crippen LogP contribution in [0.4, 0.5) is 0 Å². The normalized spacial score (nSPS) is 15.3. The quantitative estimate of drug-likeness (QED) is 0.794. The zero-order valence-corrected chi connectivity index (χ0v) is 14.4. The fraction of sp³-hybridized carbons (Fsp3) is 0.579. The van der Waals surface area contributed by atoms with Crippen LogP contribution >= 0.6 is 0 Å². The van der Waals surface area contributed by atoms with Crippen LogP contribution in [-0.4, -0.2) is 41.6 Å². The highest BCUT2D eigenvalue weighted by Gasteiger charge is 2.23. The number of carbonyl (C=O) groups excluding carboxylic acids is 1. The van der Waals surface area contributed by atoms with Gasteiger partial charge >= 0.3 is 5.97 Å². The van der Waals surface area contributed by atoms with E-state index in [9.17, 15) is 9.59 Å². The van der Waals surface area contributed by atoms with Gasteiger partial charge in [0.1, 0.15) is 5.75 Å². The third kappa shape index (κ3) is 5.87. The maximum Gasteiger partial charge on any atom is 0.303 e. The number of likely N-dealkylation sites (tertiary alicyclic amines) is 1. The molecule has 1 aliphatic rings. The lowest BCUT2D eigenvalue weighted by Crippen LogP contribution is -2.39. The minimum absolute atomic E-state index is 0.162. The summed E-state index contributed by atoms with van der Waals surface area (Å²) in [6.45, 7) is 4.15. The van der Waals surface area contributed by atoms with E-state index in [-0.39, 0.29) is 18.2 Å². The molecule has 0 radical (unpaired) electrons. The van der Waals surface area contributed by atoms with Crippen molar-refractivity contribution in [3.8, 4) is 5.75 Å². The Balaban J connectivity index is 1.72. The first-order chi connectivity index (χ1) is 11.6. The number of aryl methyl sites for hydroxylation is 1. The average Bonchev–Trinajstić information content (AvgIpc) is 2.59. The summed E-state index contributed by atoms with van der Waals surface area (Å²) >= 11 is 0. The third-order valence-corrected chi connectivity index (χ3v) is 4.45. The lowest BCUT2D eigenvalue weighted by molar-refractivity contribution is -0.138. The SMILES string of the molecule is CCCOc1ccc(CCC(=O)N2CCC(CC(=O)O)CC2)cc1. The Morgan fingerprint density at radius 2 is 1.88 bits per heavy atom. The second-order valence-electron chi connectivity index (χ2n) is 6.41. The summed E-state index contributed by atoms with van der Waals surface area (Å²) in [5, 5.41) is 8.83. The standard InChI is InChI=1S/C19H27NO4/c1-2-13-24-17-6-3-15(4-7-17)5-8-18(21)20-11-9-16(10-12-20)14-19(22)23/h3-4,6-7,16H,2,5,8-14H2,1H3,(H,22,23). The number of amides is 1. The Bertz CT molecular complexity index is 533. The molecule has 132 valence electrons. The molecular weight excluding hydrogens is 306 g/mol. The number of carboxylic acids is 1. The zero-order chi connectivity index (χ0) is 17.4. The molecule has 1 amide bonds. The Kier molecular flexibility index (Phi) is 7.09. The number of carboxylic acid groups (broad SMARTS) is 1. The maximum atomic E-state index is 12.3. The molecule has 0 aromatic heterocycles. The van der Waals surface area contributed by atoms with Gasteiger partial charge in [0.15, 0.2) is 0 Å². The van der Waals surface area contributed by atoms with Crippen LogP contribution < -0.4 is 4.74 Å². The van der Waals surface area contributed by atoms with Gasteiger partial charge in [-0.05, 0) is 49.3 Å². The summed E-state index contributed by atoms with van der Waals surface area (Å²) in [6, 6.07) is 7.93. The number of nitrogens with zero attached hydrogens (tertiary/aromatic N) is 1. The van der Waals surface area contributed by atoms with Crippen molar-refractivity contribution in [1.29, 1.82) is 0 Å². The topological polar surface area (TPSA) is 66.8 Å². The van der Waals surface area contributed by atoms with E-state index >= 15 is 0 Å². The number of benzene rings is 1. The third-order valence-electron chi connectivity index (χ3n) is 4.45. The fourth-order valence-electron chi connectivity index (χ4n) is 3.02. The maximum absolute atomic E-state index is 12.3. The van der Waals surface area contributed by atoms with Crippen molar-refractivity contribution in [3.05, 3.63) is 29.8 Å². The lowest BCUT2D eigenvalue weighted by atomic mass is 9.93. The van der Waals surface area contributed by atoms with Crippen LogP contribution in [0.25, 0.3) is 0 Å². The molecule has 1 heterocycles. The van der Waals surface area contributed by atoms with Gasteiger partial charge in [0.2, 0.25) is 5.91 Å². The van der Waals surface area contributed by atoms with Crippen LogP contribution in [0.3, 0.4) is 0 Å². The molecule has 0 atom stereocenters. The first-order valence-corrected chi connectivity index (χ1v) is 8.79. The van der Waals surface area contributed by atoms with E-state index in [1.165, 1.54) is 0 Å². The Morgan fingerprint density at radius 1 is 1.21 bits per heavy atom. The van der Waals surface area contributed by atoms with Gasteiger partial charge in [-0.3, -0.25) is 9.59 Å². The highest BCUT2D eigenvalue weighted by atomic mass is 16.5. The van der Waals surface area contributed by atoms with Gasteiger partial charge in [0.05, 0.1) is 6.61 Å². The molecule has 1 saturated heterocycles. The van der Waals surface area contributed by atoms with Gasteiger partial charge in [-0.1, -0.05) is 19.1 Å². The van der Waals surface area contributed by atoms with E-state index < -0.39 is 5.97 Å². The number of hydrogen-bond acceptors (Lipinski definition) is 3. The Labute approximate surface area is 143 Å². The fourth-order valence-corrected chi connectivity index (χ4v) is 3.02. The van der Waals surface area contributed by atoms with Crippen molar-refractivity contribution < 1.29 is 19.4 Å².